The zero-order valence-corrected chi connectivity index (χ0v) is 26.5. The second-order valence-electron chi connectivity index (χ2n) is 12.0. The van der Waals surface area contributed by atoms with Crippen LogP contribution in [-0.4, -0.2) is 0 Å². The first kappa shape index (κ1) is 26.0. The minimum atomic E-state index is 1.26. The summed E-state index contributed by atoms with van der Waals surface area (Å²) in [5, 5.41) is 11.7. The van der Waals surface area contributed by atoms with Gasteiger partial charge in [-0.15, -0.1) is 22.7 Å². The number of rotatable bonds is 3. The van der Waals surface area contributed by atoms with Gasteiger partial charge in [-0.25, -0.2) is 0 Å². The van der Waals surface area contributed by atoms with Gasteiger partial charge < -0.3 is 0 Å². The molecule has 0 aliphatic heterocycles. The molecule has 10 rings (SSSR count). The number of hydrogen-bond acceptors (Lipinski definition) is 2. The van der Waals surface area contributed by atoms with Crippen LogP contribution in [0, 0.1) is 0 Å². The van der Waals surface area contributed by atoms with Crippen molar-refractivity contribution in [2.24, 2.45) is 0 Å². The van der Waals surface area contributed by atoms with E-state index in [0.29, 0.717) is 0 Å². The molecule has 0 bridgehead atoms. The summed E-state index contributed by atoms with van der Waals surface area (Å²) in [5.74, 6) is 0. The predicted octanol–water partition coefficient (Wildman–Crippen LogP) is 13.7. The summed E-state index contributed by atoms with van der Waals surface area (Å²) in [4.78, 5) is 1.32. The van der Waals surface area contributed by atoms with Crippen molar-refractivity contribution >= 4 is 85.2 Å². The third kappa shape index (κ3) is 3.78. The van der Waals surface area contributed by atoms with Gasteiger partial charge in [-0.1, -0.05) is 140 Å². The van der Waals surface area contributed by atoms with Gasteiger partial charge in [0.15, 0.2) is 0 Å². The van der Waals surface area contributed by atoms with Crippen molar-refractivity contribution in [3.05, 3.63) is 158 Å². The van der Waals surface area contributed by atoms with Crippen molar-refractivity contribution in [3.63, 3.8) is 0 Å². The quantitative estimate of drug-likeness (QED) is 0.173. The summed E-state index contributed by atoms with van der Waals surface area (Å²) in [6.45, 7) is 0. The van der Waals surface area contributed by atoms with Gasteiger partial charge in [0.05, 0.1) is 0 Å². The maximum atomic E-state index is 2.48. The highest BCUT2D eigenvalue weighted by molar-refractivity contribution is 7.27. The summed E-state index contributed by atoms with van der Waals surface area (Å²) in [6.07, 6.45) is 0. The van der Waals surface area contributed by atoms with Gasteiger partial charge >= 0.3 is 0 Å². The molecule has 0 N–H and O–H groups in total. The largest absolute Gasteiger partial charge is 0.135 e. The van der Waals surface area contributed by atoms with Crippen molar-refractivity contribution in [3.8, 4) is 32.7 Å². The molecule has 2 aromatic heterocycles. The molecule has 0 saturated carbocycles. The summed E-state index contributed by atoms with van der Waals surface area (Å²) in [5.41, 5.74) is 6.50. The Morgan fingerprint density at radius 3 is 1.61 bits per heavy atom. The smallest absolute Gasteiger partial charge is 0.0434 e. The number of benzene rings is 8. The second-order valence-corrected chi connectivity index (χ2v) is 14.1. The van der Waals surface area contributed by atoms with E-state index in [2.05, 4.69) is 158 Å². The van der Waals surface area contributed by atoms with E-state index in [0.717, 1.165) is 0 Å². The molecule has 2 heterocycles. The molecule has 2 heteroatoms. The van der Waals surface area contributed by atoms with Gasteiger partial charge in [0.25, 0.3) is 0 Å². The van der Waals surface area contributed by atoms with E-state index >= 15 is 0 Å². The summed E-state index contributed by atoms with van der Waals surface area (Å²) < 4.78 is 4.02. The number of fused-ring (bicyclic) bond motifs is 7. The number of hydrogen-bond donors (Lipinski definition) is 0. The molecular weight excluding hydrogens is 593 g/mol. The van der Waals surface area contributed by atoms with Crippen LogP contribution in [0.3, 0.4) is 0 Å². The standard InChI is InChI=1S/C44H26S2/c1-2-14-28(15-3-1)44-43(37-25-36-30-18-10-11-24-38(30)45-39(36)26-40(37)46-44)42-34-21-8-6-19-32(34)41(33-20-7-9-22-35(33)42)31-23-12-16-27-13-4-5-17-29(27)31/h1-26H. The lowest BCUT2D eigenvalue weighted by molar-refractivity contribution is 1.68. The Labute approximate surface area is 274 Å². The molecule has 0 radical (unpaired) electrons. The van der Waals surface area contributed by atoms with E-state index in [1.807, 2.05) is 22.7 Å². The SMILES string of the molecule is c1ccc(-c2sc3cc4sc5ccccc5c4cc3c2-c2c3ccccc3c(-c3cccc4ccccc34)c3ccccc23)cc1. The van der Waals surface area contributed by atoms with E-state index < -0.39 is 0 Å². The normalized spacial score (nSPS) is 11.9. The van der Waals surface area contributed by atoms with E-state index in [1.54, 1.807) is 0 Å². The molecule has 10 aromatic rings. The molecule has 214 valence electrons. The Bertz CT molecular complexity index is 2740. The maximum Gasteiger partial charge on any atom is 0.0434 e. The molecule has 0 spiro atoms. The van der Waals surface area contributed by atoms with Crippen molar-refractivity contribution in [2.75, 3.05) is 0 Å². The van der Waals surface area contributed by atoms with E-state index in [1.165, 1.54) is 95.3 Å². The molecule has 0 amide bonds. The highest BCUT2D eigenvalue weighted by Crippen LogP contribution is 2.53. The van der Waals surface area contributed by atoms with E-state index in [-0.39, 0.29) is 0 Å². The van der Waals surface area contributed by atoms with Gasteiger partial charge in [0.2, 0.25) is 0 Å². The van der Waals surface area contributed by atoms with Crippen LogP contribution in [0.1, 0.15) is 0 Å². The molecule has 0 aliphatic rings. The zero-order valence-electron chi connectivity index (χ0n) is 24.8. The second kappa shape index (κ2) is 10.1. The highest BCUT2D eigenvalue weighted by atomic mass is 32.1. The Morgan fingerprint density at radius 1 is 0.304 bits per heavy atom. The average molecular weight is 619 g/mol. The lowest BCUT2D eigenvalue weighted by Crippen LogP contribution is -1.92. The first-order chi connectivity index (χ1) is 22.8. The van der Waals surface area contributed by atoms with E-state index in [9.17, 15) is 0 Å². The van der Waals surface area contributed by atoms with Crippen molar-refractivity contribution in [2.45, 2.75) is 0 Å². The molecule has 46 heavy (non-hydrogen) atoms. The molecule has 0 unspecified atom stereocenters. The minimum absolute atomic E-state index is 1.26. The van der Waals surface area contributed by atoms with Crippen LogP contribution < -0.4 is 0 Å². The topological polar surface area (TPSA) is 0 Å². The van der Waals surface area contributed by atoms with Gasteiger partial charge in [-0.05, 0) is 72.8 Å². The van der Waals surface area contributed by atoms with Crippen molar-refractivity contribution < 1.29 is 0 Å². The third-order valence-electron chi connectivity index (χ3n) is 9.46. The van der Waals surface area contributed by atoms with E-state index in [4.69, 9.17) is 0 Å². The molecule has 0 atom stereocenters. The fourth-order valence-corrected chi connectivity index (χ4v) is 9.93. The maximum absolute atomic E-state index is 2.48. The summed E-state index contributed by atoms with van der Waals surface area (Å²) in [7, 11) is 0. The van der Waals surface area contributed by atoms with Gasteiger partial charge in [0.1, 0.15) is 0 Å². The van der Waals surface area contributed by atoms with Crippen LogP contribution >= 0.6 is 22.7 Å². The third-order valence-corrected chi connectivity index (χ3v) is 11.8. The lowest BCUT2D eigenvalue weighted by Gasteiger charge is -2.19. The van der Waals surface area contributed by atoms with Crippen LogP contribution in [0.4, 0.5) is 0 Å². The molecule has 8 aromatic carbocycles. The van der Waals surface area contributed by atoms with Gasteiger partial charge in [-0.2, -0.15) is 0 Å². The molecular formula is C44H26S2. The van der Waals surface area contributed by atoms with Crippen LogP contribution in [0.15, 0.2) is 158 Å². The molecule has 0 aliphatic carbocycles. The fourth-order valence-electron chi connectivity index (χ4n) is 7.49. The van der Waals surface area contributed by atoms with Crippen LogP contribution in [0.25, 0.3) is 95.3 Å². The molecule has 0 fully saturated rings. The van der Waals surface area contributed by atoms with Crippen LogP contribution in [-0.2, 0) is 0 Å². The fraction of sp³-hybridized carbons (Fsp3) is 0. The zero-order chi connectivity index (χ0) is 30.2. The summed E-state index contributed by atoms with van der Waals surface area (Å²) >= 11 is 3.82. The molecule has 0 saturated heterocycles. The van der Waals surface area contributed by atoms with Crippen LogP contribution in [0.2, 0.25) is 0 Å². The van der Waals surface area contributed by atoms with Crippen molar-refractivity contribution in [1.29, 1.82) is 0 Å². The summed E-state index contributed by atoms with van der Waals surface area (Å²) in [6, 6.07) is 58.3. The molecule has 0 nitrogen and oxygen atoms in total. The van der Waals surface area contributed by atoms with Crippen molar-refractivity contribution in [1.82, 2.24) is 0 Å². The highest BCUT2D eigenvalue weighted by Gasteiger charge is 2.24. The average Bonchev–Trinajstić information content (AvgIpc) is 3.67. The Kier molecular flexibility index (Phi) is 5.72. The Hall–Kier alpha value is -5.28. The van der Waals surface area contributed by atoms with Gasteiger partial charge in [-0.3, -0.25) is 0 Å². The van der Waals surface area contributed by atoms with Crippen LogP contribution in [0.5, 0.6) is 0 Å². The Morgan fingerprint density at radius 2 is 0.870 bits per heavy atom. The lowest BCUT2D eigenvalue weighted by atomic mass is 9.83. The van der Waals surface area contributed by atoms with Gasteiger partial charge in [0, 0.05) is 40.7 Å². The number of thiophene rings is 2. The monoisotopic (exact) mass is 618 g/mol. The first-order valence-electron chi connectivity index (χ1n) is 15.7. The predicted molar refractivity (Wildman–Crippen MR) is 204 cm³/mol. The Balaban J connectivity index is 1.40. The first-order valence-corrected chi connectivity index (χ1v) is 17.3. The minimum Gasteiger partial charge on any atom is -0.135 e.